The Morgan fingerprint density at radius 2 is 2.33 bits per heavy atom. The van der Waals surface area contributed by atoms with Gasteiger partial charge in [-0.3, -0.25) is 4.79 Å². The van der Waals surface area contributed by atoms with Crippen LogP contribution in [0.3, 0.4) is 0 Å². The number of hydrogen-bond donors (Lipinski definition) is 2. The number of nitriles is 1. The van der Waals surface area contributed by atoms with Gasteiger partial charge in [-0.25, -0.2) is 0 Å². The second-order valence-corrected chi connectivity index (χ2v) is 5.47. The van der Waals surface area contributed by atoms with Crippen molar-refractivity contribution in [3.8, 4) is 6.07 Å². The molecule has 0 bridgehead atoms. The van der Waals surface area contributed by atoms with Gasteiger partial charge in [0, 0.05) is 16.1 Å². The second-order valence-electron chi connectivity index (χ2n) is 4.04. The van der Waals surface area contributed by atoms with Gasteiger partial charge in [-0.2, -0.15) is 5.26 Å². The van der Waals surface area contributed by atoms with Crippen molar-refractivity contribution in [2.45, 2.75) is 19.8 Å². The summed E-state index contributed by atoms with van der Waals surface area (Å²) in [5, 5.41) is 14.7. The van der Waals surface area contributed by atoms with E-state index in [1.807, 2.05) is 24.4 Å². The molecule has 0 fully saturated rings. The predicted octanol–water partition coefficient (Wildman–Crippen LogP) is 2.96. The number of dihydropyridines is 1. The van der Waals surface area contributed by atoms with E-state index in [4.69, 9.17) is 0 Å². The number of thiol groups is 1. The molecule has 1 aromatic heterocycles. The molecule has 1 aliphatic heterocycles. The van der Waals surface area contributed by atoms with Gasteiger partial charge in [-0.15, -0.1) is 24.0 Å². The number of rotatable bonds is 2. The third-order valence-electron chi connectivity index (χ3n) is 2.87. The van der Waals surface area contributed by atoms with E-state index in [1.54, 1.807) is 11.3 Å². The van der Waals surface area contributed by atoms with Gasteiger partial charge in [-0.05, 0) is 25.3 Å². The Bertz CT molecular complexity index is 591. The van der Waals surface area contributed by atoms with E-state index in [2.05, 4.69) is 24.0 Å². The third kappa shape index (κ3) is 2.09. The normalized spacial score (nSPS) is 19.6. The van der Waals surface area contributed by atoms with Gasteiger partial charge in [0.15, 0.2) is 5.78 Å². The molecule has 2 heterocycles. The van der Waals surface area contributed by atoms with Gasteiger partial charge in [0.05, 0.1) is 22.6 Å². The molecule has 1 atom stereocenters. The number of carbonyl (C=O) groups excluding carboxylic acids is 1. The summed E-state index contributed by atoms with van der Waals surface area (Å²) in [7, 11) is 0. The lowest BCUT2D eigenvalue weighted by atomic mass is 9.85. The van der Waals surface area contributed by atoms with E-state index < -0.39 is 0 Å². The molecular weight excluding hydrogens is 264 g/mol. The van der Waals surface area contributed by atoms with Crippen LogP contribution in [0, 0.1) is 11.3 Å². The summed E-state index contributed by atoms with van der Waals surface area (Å²) >= 11 is 5.84. The first-order chi connectivity index (χ1) is 8.56. The number of nitrogens with one attached hydrogen (secondary N) is 1. The van der Waals surface area contributed by atoms with Crippen LogP contribution in [-0.2, 0) is 4.79 Å². The summed E-state index contributed by atoms with van der Waals surface area (Å²) < 4.78 is 0. The van der Waals surface area contributed by atoms with Gasteiger partial charge >= 0.3 is 0 Å². The van der Waals surface area contributed by atoms with Crippen molar-refractivity contribution < 1.29 is 4.79 Å². The Labute approximate surface area is 115 Å². The van der Waals surface area contributed by atoms with E-state index in [-0.39, 0.29) is 11.7 Å². The molecule has 0 radical (unpaired) electrons. The van der Waals surface area contributed by atoms with Crippen LogP contribution in [0.2, 0.25) is 0 Å². The van der Waals surface area contributed by atoms with Gasteiger partial charge < -0.3 is 5.32 Å². The first-order valence-electron chi connectivity index (χ1n) is 5.41. The zero-order chi connectivity index (χ0) is 13.3. The number of allylic oxidation sites excluding steroid dienone is 3. The molecule has 0 amide bonds. The highest BCUT2D eigenvalue weighted by molar-refractivity contribution is 7.84. The van der Waals surface area contributed by atoms with E-state index in [9.17, 15) is 10.1 Å². The SMILES string of the molecule is CC(=O)C1=C(C)NC(S)=C(C#N)[C@H]1c1cccs1. The van der Waals surface area contributed by atoms with Crippen molar-refractivity contribution in [1.82, 2.24) is 5.32 Å². The van der Waals surface area contributed by atoms with Gasteiger partial charge in [0.2, 0.25) is 0 Å². The highest BCUT2D eigenvalue weighted by Crippen LogP contribution is 2.40. The molecule has 1 aromatic rings. The number of carbonyl (C=O) groups is 1. The molecule has 1 aliphatic rings. The third-order valence-corrected chi connectivity index (χ3v) is 4.16. The van der Waals surface area contributed by atoms with Crippen LogP contribution in [0.4, 0.5) is 0 Å². The molecule has 0 aliphatic carbocycles. The number of hydrogen-bond acceptors (Lipinski definition) is 5. The van der Waals surface area contributed by atoms with Crippen LogP contribution >= 0.6 is 24.0 Å². The molecule has 1 N–H and O–H groups in total. The Morgan fingerprint density at radius 1 is 1.61 bits per heavy atom. The minimum atomic E-state index is -0.291. The lowest BCUT2D eigenvalue weighted by Crippen LogP contribution is -2.25. The summed E-state index contributed by atoms with van der Waals surface area (Å²) in [4.78, 5) is 12.8. The largest absolute Gasteiger partial charge is 0.353 e. The number of thiophene rings is 1. The Balaban J connectivity index is 2.63. The standard InChI is InChI=1S/C13H12N2OS2/c1-7-11(8(2)16)12(10-4-3-5-18-10)9(6-14)13(17)15-7/h3-5,12,15,17H,1-2H3/t12-/m0/s1. The monoisotopic (exact) mass is 276 g/mol. The average molecular weight is 276 g/mol. The fourth-order valence-corrected chi connectivity index (χ4v) is 3.32. The first kappa shape index (κ1) is 12.9. The number of Topliss-reactive ketones (excluding diaryl/α,β-unsaturated/α-hetero) is 1. The van der Waals surface area contributed by atoms with Crippen LogP contribution < -0.4 is 5.32 Å². The van der Waals surface area contributed by atoms with E-state index >= 15 is 0 Å². The molecule has 0 aromatic carbocycles. The fourth-order valence-electron chi connectivity index (χ4n) is 2.13. The molecule has 0 saturated heterocycles. The predicted molar refractivity (Wildman–Crippen MR) is 75.2 cm³/mol. The summed E-state index contributed by atoms with van der Waals surface area (Å²) in [6.07, 6.45) is 0. The van der Waals surface area contributed by atoms with Crippen molar-refractivity contribution in [1.29, 1.82) is 5.26 Å². The zero-order valence-electron chi connectivity index (χ0n) is 10.0. The van der Waals surface area contributed by atoms with Crippen LogP contribution in [-0.4, -0.2) is 5.78 Å². The molecule has 18 heavy (non-hydrogen) atoms. The molecule has 5 heteroatoms. The van der Waals surface area contributed by atoms with Gasteiger partial charge in [0.25, 0.3) is 0 Å². The zero-order valence-corrected chi connectivity index (χ0v) is 11.7. The molecular formula is C13H12N2OS2. The Kier molecular flexibility index (Phi) is 3.60. The second kappa shape index (κ2) is 5.01. The lowest BCUT2D eigenvalue weighted by molar-refractivity contribution is -0.113. The lowest BCUT2D eigenvalue weighted by Gasteiger charge is -2.26. The maximum atomic E-state index is 11.8. The van der Waals surface area contributed by atoms with Crippen LogP contribution in [0.25, 0.3) is 0 Å². The van der Waals surface area contributed by atoms with Crippen molar-refractivity contribution in [3.63, 3.8) is 0 Å². The maximum absolute atomic E-state index is 11.8. The summed E-state index contributed by atoms with van der Waals surface area (Å²) in [6.45, 7) is 3.36. The molecule has 0 unspecified atom stereocenters. The van der Waals surface area contributed by atoms with Gasteiger partial charge in [-0.1, -0.05) is 6.07 Å². The van der Waals surface area contributed by atoms with Crippen LogP contribution in [0.15, 0.2) is 39.4 Å². The highest BCUT2D eigenvalue weighted by atomic mass is 32.1. The Hall–Kier alpha value is -1.51. The molecule has 0 spiro atoms. The number of nitrogens with zero attached hydrogens (tertiary/aromatic N) is 1. The van der Waals surface area contributed by atoms with Crippen LogP contribution in [0.5, 0.6) is 0 Å². The molecule has 92 valence electrons. The smallest absolute Gasteiger partial charge is 0.158 e. The van der Waals surface area contributed by atoms with E-state index in [0.29, 0.717) is 16.2 Å². The van der Waals surface area contributed by atoms with Crippen molar-refractivity contribution in [3.05, 3.63) is 44.3 Å². The maximum Gasteiger partial charge on any atom is 0.158 e. The van der Waals surface area contributed by atoms with Crippen molar-refractivity contribution in [2.75, 3.05) is 0 Å². The first-order valence-corrected chi connectivity index (χ1v) is 6.74. The van der Waals surface area contributed by atoms with Crippen molar-refractivity contribution >= 4 is 29.7 Å². The van der Waals surface area contributed by atoms with E-state index in [0.717, 1.165) is 10.6 Å². The fraction of sp³-hybridized carbons (Fsp3) is 0.231. The molecule has 0 saturated carbocycles. The Morgan fingerprint density at radius 3 is 2.83 bits per heavy atom. The van der Waals surface area contributed by atoms with Crippen LogP contribution in [0.1, 0.15) is 24.6 Å². The highest BCUT2D eigenvalue weighted by Gasteiger charge is 2.32. The topological polar surface area (TPSA) is 52.9 Å². The molecule has 3 nitrogen and oxygen atoms in total. The average Bonchev–Trinajstić information content (AvgIpc) is 2.80. The quantitative estimate of drug-likeness (QED) is 0.817. The minimum absolute atomic E-state index is 0.0213. The summed E-state index contributed by atoms with van der Waals surface area (Å²) in [5.74, 6) is -0.312. The minimum Gasteiger partial charge on any atom is -0.353 e. The number of ketones is 1. The summed E-state index contributed by atoms with van der Waals surface area (Å²) in [5.41, 5.74) is 1.91. The molecule has 2 rings (SSSR count). The summed E-state index contributed by atoms with van der Waals surface area (Å²) in [6, 6.07) is 6.02. The van der Waals surface area contributed by atoms with Gasteiger partial charge in [0.1, 0.15) is 0 Å². The van der Waals surface area contributed by atoms with Crippen molar-refractivity contribution in [2.24, 2.45) is 0 Å². The van der Waals surface area contributed by atoms with E-state index in [1.165, 1.54) is 6.92 Å².